The maximum Gasteiger partial charge on any atom is 0.242 e. The first-order chi connectivity index (χ1) is 13.5. The van der Waals surface area contributed by atoms with Crippen LogP contribution in [0.1, 0.15) is 22.7 Å². The van der Waals surface area contributed by atoms with E-state index in [1.54, 1.807) is 29.5 Å². The minimum atomic E-state index is -3.68. The fourth-order valence-electron chi connectivity index (χ4n) is 3.64. The van der Waals surface area contributed by atoms with E-state index in [0.717, 1.165) is 25.1 Å². The summed E-state index contributed by atoms with van der Waals surface area (Å²) in [5.74, 6) is 0. The normalized spacial score (nSPS) is 15.9. The zero-order valence-corrected chi connectivity index (χ0v) is 17.6. The summed E-state index contributed by atoms with van der Waals surface area (Å²) in [5.41, 5.74) is 3.81. The van der Waals surface area contributed by atoms with E-state index in [4.69, 9.17) is 11.6 Å². The Labute approximate surface area is 174 Å². The van der Waals surface area contributed by atoms with Crippen molar-refractivity contribution in [3.05, 3.63) is 87.1 Å². The number of rotatable bonds is 6. The van der Waals surface area contributed by atoms with E-state index in [9.17, 15) is 8.42 Å². The van der Waals surface area contributed by atoms with Gasteiger partial charge in [0, 0.05) is 25.7 Å². The molecule has 0 aliphatic carbocycles. The third kappa shape index (κ3) is 4.16. The molecule has 0 spiro atoms. The Morgan fingerprint density at radius 3 is 2.57 bits per heavy atom. The lowest BCUT2D eigenvalue weighted by Crippen LogP contribution is -2.40. The molecule has 0 bridgehead atoms. The van der Waals surface area contributed by atoms with Crippen molar-refractivity contribution in [1.29, 1.82) is 0 Å². The second kappa shape index (κ2) is 8.35. The number of nitrogens with zero attached hydrogens (tertiary/aromatic N) is 1. The number of sulfonamides is 1. The zero-order valence-electron chi connectivity index (χ0n) is 15.2. The van der Waals surface area contributed by atoms with Crippen LogP contribution in [0.5, 0.6) is 0 Å². The van der Waals surface area contributed by atoms with Crippen LogP contribution in [-0.2, 0) is 23.0 Å². The van der Waals surface area contributed by atoms with Gasteiger partial charge >= 0.3 is 0 Å². The van der Waals surface area contributed by atoms with Crippen LogP contribution >= 0.6 is 22.9 Å². The standard InChI is InChI=1S/C21H21ClN2O2S2/c22-19-7-3-4-8-21(19)28(25,26)23-13-20(18-10-12-27-15-18)24-11-9-16-5-1-2-6-17(16)14-24/h1-8,10,12,15,20,23H,9,11,13-14H2/t20-/m1/s1. The van der Waals surface area contributed by atoms with E-state index in [0.29, 0.717) is 6.54 Å². The van der Waals surface area contributed by atoms with Gasteiger partial charge in [0.05, 0.1) is 5.02 Å². The summed E-state index contributed by atoms with van der Waals surface area (Å²) in [5, 5.41) is 4.35. The first-order valence-electron chi connectivity index (χ1n) is 9.12. The lowest BCUT2D eigenvalue weighted by atomic mass is 9.97. The van der Waals surface area contributed by atoms with Gasteiger partial charge < -0.3 is 0 Å². The van der Waals surface area contributed by atoms with Crippen LogP contribution in [0, 0.1) is 0 Å². The molecule has 0 radical (unpaired) electrons. The number of nitrogens with one attached hydrogen (secondary N) is 1. The molecule has 1 atom stereocenters. The molecule has 0 unspecified atom stereocenters. The first kappa shape index (κ1) is 19.6. The quantitative estimate of drug-likeness (QED) is 0.624. The smallest absolute Gasteiger partial charge is 0.242 e. The van der Waals surface area contributed by atoms with Gasteiger partial charge in [-0.05, 0) is 52.1 Å². The number of hydrogen-bond donors (Lipinski definition) is 1. The molecule has 2 aromatic carbocycles. The van der Waals surface area contributed by atoms with E-state index >= 15 is 0 Å². The number of thiophene rings is 1. The van der Waals surface area contributed by atoms with Crippen LogP contribution in [0.4, 0.5) is 0 Å². The van der Waals surface area contributed by atoms with Crippen LogP contribution < -0.4 is 4.72 Å². The first-order valence-corrected chi connectivity index (χ1v) is 11.9. The maximum absolute atomic E-state index is 12.8. The topological polar surface area (TPSA) is 49.4 Å². The van der Waals surface area contributed by atoms with Crippen molar-refractivity contribution in [2.24, 2.45) is 0 Å². The van der Waals surface area contributed by atoms with E-state index in [1.807, 2.05) is 5.38 Å². The molecule has 4 rings (SSSR count). The molecule has 0 saturated carbocycles. The molecule has 1 aromatic heterocycles. The zero-order chi connectivity index (χ0) is 19.6. The van der Waals surface area contributed by atoms with Crippen LogP contribution in [-0.4, -0.2) is 26.4 Å². The van der Waals surface area contributed by atoms with Crippen LogP contribution in [0.25, 0.3) is 0 Å². The van der Waals surface area contributed by atoms with Crippen molar-refractivity contribution < 1.29 is 8.42 Å². The third-order valence-electron chi connectivity index (χ3n) is 5.12. The van der Waals surface area contributed by atoms with Crippen LogP contribution in [0.2, 0.25) is 5.02 Å². The Hall–Kier alpha value is -1.70. The van der Waals surface area contributed by atoms with Gasteiger partial charge in [-0.25, -0.2) is 13.1 Å². The summed E-state index contributed by atoms with van der Waals surface area (Å²) >= 11 is 7.73. The second-order valence-electron chi connectivity index (χ2n) is 6.84. The van der Waals surface area contributed by atoms with Gasteiger partial charge in [-0.3, -0.25) is 4.90 Å². The second-order valence-corrected chi connectivity index (χ2v) is 9.77. The molecule has 1 N–H and O–H groups in total. The molecule has 146 valence electrons. The molecular formula is C21H21ClN2O2S2. The maximum atomic E-state index is 12.8. The Morgan fingerprint density at radius 1 is 1.07 bits per heavy atom. The van der Waals surface area contributed by atoms with Gasteiger partial charge in [0.1, 0.15) is 4.90 Å². The molecule has 0 fully saturated rings. The minimum Gasteiger partial charge on any atom is -0.290 e. The molecular weight excluding hydrogens is 412 g/mol. The number of hydrogen-bond acceptors (Lipinski definition) is 4. The monoisotopic (exact) mass is 432 g/mol. The predicted octanol–water partition coefficient (Wildman–Crippen LogP) is 4.48. The van der Waals surface area contributed by atoms with E-state index in [2.05, 4.69) is 45.3 Å². The minimum absolute atomic E-state index is 0.0307. The van der Waals surface area contributed by atoms with E-state index in [1.165, 1.54) is 17.2 Å². The molecule has 1 aliphatic rings. The number of benzene rings is 2. The van der Waals surface area contributed by atoms with E-state index < -0.39 is 10.0 Å². The SMILES string of the molecule is O=S(=O)(NC[C@H](c1ccsc1)N1CCc2ccccc2C1)c1ccccc1Cl. The number of halogens is 1. The summed E-state index contributed by atoms with van der Waals surface area (Å²) in [4.78, 5) is 2.46. The number of fused-ring (bicyclic) bond motifs is 1. The van der Waals surface area contributed by atoms with Crippen molar-refractivity contribution >= 4 is 33.0 Å². The van der Waals surface area contributed by atoms with Gasteiger partial charge in [0.25, 0.3) is 0 Å². The summed E-state index contributed by atoms with van der Waals surface area (Å²) in [6.07, 6.45) is 0.966. The van der Waals surface area contributed by atoms with Gasteiger partial charge in [0.2, 0.25) is 10.0 Å². The average molecular weight is 433 g/mol. The Kier molecular flexibility index (Phi) is 5.85. The lowest BCUT2D eigenvalue weighted by Gasteiger charge is -2.35. The highest BCUT2D eigenvalue weighted by atomic mass is 35.5. The van der Waals surface area contributed by atoms with Crippen molar-refractivity contribution in [3.63, 3.8) is 0 Å². The molecule has 3 aromatic rings. The molecule has 2 heterocycles. The van der Waals surface area contributed by atoms with Gasteiger partial charge in [-0.1, -0.05) is 48.0 Å². The van der Waals surface area contributed by atoms with E-state index in [-0.39, 0.29) is 16.0 Å². The van der Waals surface area contributed by atoms with Crippen molar-refractivity contribution in [3.8, 4) is 0 Å². The van der Waals surface area contributed by atoms with Gasteiger partial charge in [-0.15, -0.1) is 0 Å². The molecule has 0 saturated heterocycles. The summed E-state index contributed by atoms with van der Waals surface area (Å²) < 4.78 is 28.4. The molecule has 7 heteroatoms. The van der Waals surface area contributed by atoms with Crippen LogP contribution in [0.3, 0.4) is 0 Å². The molecule has 1 aliphatic heterocycles. The average Bonchev–Trinajstić information content (AvgIpc) is 3.22. The predicted molar refractivity (Wildman–Crippen MR) is 114 cm³/mol. The van der Waals surface area contributed by atoms with Crippen LogP contribution in [0.15, 0.2) is 70.3 Å². The highest BCUT2D eigenvalue weighted by Crippen LogP contribution is 2.29. The van der Waals surface area contributed by atoms with Crippen molar-refractivity contribution in [2.75, 3.05) is 13.1 Å². The molecule has 0 amide bonds. The molecule has 28 heavy (non-hydrogen) atoms. The summed E-state index contributed by atoms with van der Waals surface area (Å²) in [6, 6.07) is 17.0. The highest BCUT2D eigenvalue weighted by molar-refractivity contribution is 7.89. The summed E-state index contributed by atoms with van der Waals surface area (Å²) in [6.45, 7) is 2.00. The Morgan fingerprint density at radius 2 is 1.82 bits per heavy atom. The van der Waals surface area contributed by atoms with Crippen molar-refractivity contribution in [2.45, 2.75) is 23.9 Å². The van der Waals surface area contributed by atoms with Gasteiger partial charge in [0.15, 0.2) is 0 Å². The van der Waals surface area contributed by atoms with Gasteiger partial charge in [-0.2, -0.15) is 11.3 Å². The Bertz CT molecular complexity index is 1050. The highest BCUT2D eigenvalue weighted by Gasteiger charge is 2.27. The summed E-state index contributed by atoms with van der Waals surface area (Å²) in [7, 11) is -3.68. The fourth-order valence-corrected chi connectivity index (χ4v) is 5.90. The largest absolute Gasteiger partial charge is 0.290 e. The third-order valence-corrected chi connectivity index (χ3v) is 7.75. The lowest BCUT2D eigenvalue weighted by molar-refractivity contribution is 0.181. The fraction of sp³-hybridized carbons (Fsp3) is 0.238. The molecule has 4 nitrogen and oxygen atoms in total. The van der Waals surface area contributed by atoms with Crippen molar-refractivity contribution in [1.82, 2.24) is 9.62 Å². The Balaban J connectivity index is 1.56.